The number of nitrogens with zero attached hydrogens (tertiary/aromatic N) is 1. The Bertz CT molecular complexity index is 728. The van der Waals surface area contributed by atoms with Gasteiger partial charge in [0.1, 0.15) is 13.2 Å². The van der Waals surface area contributed by atoms with Crippen LogP contribution in [0.2, 0.25) is 0 Å². The second-order valence-electron chi connectivity index (χ2n) is 14.4. The van der Waals surface area contributed by atoms with E-state index in [1.54, 1.807) is 0 Å². The number of ether oxygens (including phenoxy) is 3. The lowest BCUT2D eigenvalue weighted by Crippen LogP contribution is -2.31. The Morgan fingerprint density at radius 2 is 0.708 bits per heavy atom. The zero-order valence-electron chi connectivity index (χ0n) is 32.3. The molecular weight excluding hydrogens is 602 g/mol. The third-order valence-electron chi connectivity index (χ3n) is 9.11. The first-order valence-corrected chi connectivity index (χ1v) is 20.5. The Hall–Kier alpha value is -1.63. The Morgan fingerprint density at radius 3 is 1.04 bits per heavy atom. The van der Waals surface area contributed by atoms with Gasteiger partial charge in [-0.2, -0.15) is 0 Å². The largest absolute Gasteiger partial charge is 0.462 e. The van der Waals surface area contributed by atoms with Gasteiger partial charge in [-0.1, -0.05) is 168 Å². The summed E-state index contributed by atoms with van der Waals surface area (Å²) in [5, 5.41) is 0. The molecule has 0 rings (SSSR count). The van der Waals surface area contributed by atoms with E-state index < -0.39 is 6.10 Å². The maximum atomic E-state index is 12.6. The molecule has 0 radical (unpaired) electrons. The molecule has 0 aliphatic rings. The highest BCUT2D eigenvalue weighted by Crippen LogP contribution is 2.15. The summed E-state index contributed by atoms with van der Waals surface area (Å²) in [6.07, 6.45) is 33.5. The number of unbranched alkanes of at least 4 members (excludes halogenated alkanes) is 24. The average molecular weight is 682 g/mol. The van der Waals surface area contributed by atoms with Crippen molar-refractivity contribution in [3.05, 3.63) is 0 Å². The van der Waals surface area contributed by atoms with Crippen LogP contribution in [0.1, 0.15) is 206 Å². The summed E-state index contributed by atoms with van der Waals surface area (Å²) in [4.78, 5) is 39.2. The molecule has 0 spiro atoms. The van der Waals surface area contributed by atoms with Crippen LogP contribution in [-0.2, 0) is 28.6 Å². The number of hydrogen-bond acceptors (Lipinski definition) is 7. The number of carbonyl (C=O) groups is 3. The van der Waals surface area contributed by atoms with Crippen molar-refractivity contribution in [1.29, 1.82) is 0 Å². The highest BCUT2D eigenvalue weighted by molar-refractivity contribution is 5.71. The van der Waals surface area contributed by atoms with Crippen LogP contribution in [0.4, 0.5) is 0 Å². The van der Waals surface area contributed by atoms with Gasteiger partial charge < -0.3 is 19.1 Å². The summed E-state index contributed by atoms with van der Waals surface area (Å²) in [6.45, 7) is 5.15. The van der Waals surface area contributed by atoms with Crippen molar-refractivity contribution < 1.29 is 28.6 Å². The average Bonchev–Trinajstić information content (AvgIpc) is 3.06. The van der Waals surface area contributed by atoms with Crippen LogP contribution in [0.5, 0.6) is 0 Å². The molecule has 0 aromatic carbocycles. The predicted octanol–water partition coefficient (Wildman–Crippen LogP) is 11.3. The maximum absolute atomic E-state index is 12.6. The molecule has 0 aromatic heterocycles. The molecule has 0 saturated heterocycles. The molecule has 7 heteroatoms. The fraction of sp³-hybridized carbons (Fsp3) is 0.927. The Kier molecular flexibility index (Phi) is 35.4. The van der Waals surface area contributed by atoms with Crippen LogP contribution in [-0.4, -0.2) is 62.8 Å². The zero-order chi connectivity index (χ0) is 35.3. The van der Waals surface area contributed by atoms with Gasteiger partial charge in [0, 0.05) is 19.3 Å². The van der Waals surface area contributed by atoms with E-state index in [1.165, 1.54) is 128 Å². The van der Waals surface area contributed by atoms with E-state index in [9.17, 15) is 14.4 Å². The minimum atomic E-state index is -0.770. The quantitative estimate of drug-likeness (QED) is 0.0366. The minimum Gasteiger partial charge on any atom is -0.462 e. The van der Waals surface area contributed by atoms with E-state index in [0.29, 0.717) is 25.7 Å². The van der Waals surface area contributed by atoms with E-state index >= 15 is 0 Å². The van der Waals surface area contributed by atoms with Crippen molar-refractivity contribution in [2.45, 2.75) is 213 Å². The molecule has 7 nitrogen and oxygen atoms in total. The molecule has 1 unspecified atom stereocenters. The standard InChI is InChI=1S/C41H79NO6/c1-5-7-9-11-13-15-17-19-21-23-25-27-29-32-39(43)46-36-38(37-47-40(44)34-31-35-42(3)4)48-41(45)33-30-28-26-24-22-20-18-16-14-12-10-8-6-2/h38H,5-37H2,1-4H3. The first kappa shape index (κ1) is 46.4. The Morgan fingerprint density at radius 1 is 0.417 bits per heavy atom. The van der Waals surface area contributed by atoms with Gasteiger partial charge in [-0.15, -0.1) is 0 Å². The van der Waals surface area contributed by atoms with Gasteiger partial charge in [-0.3, -0.25) is 14.4 Å². The van der Waals surface area contributed by atoms with E-state index in [2.05, 4.69) is 13.8 Å². The molecule has 0 N–H and O–H groups in total. The summed E-state index contributed by atoms with van der Waals surface area (Å²) >= 11 is 0. The monoisotopic (exact) mass is 682 g/mol. The fourth-order valence-electron chi connectivity index (χ4n) is 5.99. The van der Waals surface area contributed by atoms with Gasteiger partial charge in [0.05, 0.1) is 0 Å². The van der Waals surface area contributed by atoms with Gasteiger partial charge in [-0.25, -0.2) is 0 Å². The zero-order valence-corrected chi connectivity index (χ0v) is 32.3. The highest BCUT2D eigenvalue weighted by Gasteiger charge is 2.19. The van der Waals surface area contributed by atoms with Crippen molar-refractivity contribution in [3.8, 4) is 0 Å². The number of rotatable bonds is 37. The number of esters is 3. The van der Waals surface area contributed by atoms with Crippen molar-refractivity contribution in [1.82, 2.24) is 4.90 Å². The van der Waals surface area contributed by atoms with Gasteiger partial charge in [-0.05, 0) is 39.9 Å². The van der Waals surface area contributed by atoms with Gasteiger partial charge in [0.15, 0.2) is 6.10 Å². The SMILES string of the molecule is CCCCCCCCCCCCCCCC(=O)OCC(COC(=O)CCCN(C)C)OC(=O)CCCCCCCCCCCCCCC. The third-order valence-corrected chi connectivity index (χ3v) is 9.11. The van der Waals surface area contributed by atoms with Gasteiger partial charge in [0.2, 0.25) is 0 Å². The van der Waals surface area contributed by atoms with Crippen LogP contribution < -0.4 is 0 Å². The maximum Gasteiger partial charge on any atom is 0.306 e. The first-order chi connectivity index (χ1) is 23.4. The second-order valence-corrected chi connectivity index (χ2v) is 14.4. The third kappa shape index (κ3) is 35.7. The molecule has 0 bridgehead atoms. The van der Waals surface area contributed by atoms with E-state index in [4.69, 9.17) is 14.2 Å². The molecule has 0 heterocycles. The van der Waals surface area contributed by atoms with Crippen molar-refractivity contribution in [3.63, 3.8) is 0 Å². The summed E-state index contributed by atoms with van der Waals surface area (Å²) in [6, 6.07) is 0. The molecule has 0 amide bonds. The Balaban J connectivity index is 4.18. The summed E-state index contributed by atoms with van der Waals surface area (Å²) in [5.41, 5.74) is 0. The van der Waals surface area contributed by atoms with E-state index in [1.807, 2.05) is 19.0 Å². The topological polar surface area (TPSA) is 82.1 Å². The lowest BCUT2D eigenvalue weighted by Gasteiger charge is -2.18. The van der Waals surface area contributed by atoms with Crippen LogP contribution in [0.15, 0.2) is 0 Å². The van der Waals surface area contributed by atoms with Crippen LogP contribution in [0.25, 0.3) is 0 Å². The molecule has 284 valence electrons. The Labute approximate surface area is 297 Å². The summed E-state index contributed by atoms with van der Waals surface area (Å²) in [7, 11) is 3.93. The molecular formula is C41H79NO6. The van der Waals surface area contributed by atoms with Crippen molar-refractivity contribution in [2.24, 2.45) is 0 Å². The number of hydrogen-bond donors (Lipinski definition) is 0. The minimum absolute atomic E-state index is 0.0768. The molecule has 0 saturated carbocycles. The van der Waals surface area contributed by atoms with Crippen LogP contribution in [0, 0.1) is 0 Å². The first-order valence-electron chi connectivity index (χ1n) is 20.5. The molecule has 0 aliphatic carbocycles. The van der Waals surface area contributed by atoms with Gasteiger partial charge >= 0.3 is 17.9 Å². The normalized spacial score (nSPS) is 11.9. The lowest BCUT2D eigenvalue weighted by molar-refractivity contribution is -0.167. The van der Waals surface area contributed by atoms with Crippen molar-refractivity contribution in [2.75, 3.05) is 33.9 Å². The highest BCUT2D eigenvalue weighted by atomic mass is 16.6. The predicted molar refractivity (Wildman–Crippen MR) is 200 cm³/mol. The molecule has 0 aromatic rings. The smallest absolute Gasteiger partial charge is 0.306 e. The summed E-state index contributed by atoms with van der Waals surface area (Å²) in [5.74, 6) is -0.931. The molecule has 1 atom stereocenters. The molecule has 0 aliphatic heterocycles. The second kappa shape index (κ2) is 36.6. The van der Waals surface area contributed by atoms with Crippen LogP contribution >= 0.6 is 0 Å². The summed E-state index contributed by atoms with van der Waals surface area (Å²) < 4.78 is 16.5. The molecule has 0 fully saturated rings. The van der Waals surface area contributed by atoms with E-state index in [0.717, 1.165) is 45.1 Å². The van der Waals surface area contributed by atoms with Gasteiger partial charge in [0.25, 0.3) is 0 Å². The van der Waals surface area contributed by atoms with Crippen LogP contribution in [0.3, 0.4) is 0 Å². The van der Waals surface area contributed by atoms with E-state index in [-0.39, 0.29) is 31.1 Å². The lowest BCUT2D eigenvalue weighted by atomic mass is 10.0. The molecule has 48 heavy (non-hydrogen) atoms. The fourth-order valence-corrected chi connectivity index (χ4v) is 5.99. The van der Waals surface area contributed by atoms with Crippen molar-refractivity contribution >= 4 is 17.9 Å². The number of carbonyl (C=O) groups excluding carboxylic acids is 3.